The fourth-order valence-electron chi connectivity index (χ4n) is 2.53. The lowest BCUT2D eigenvalue weighted by Gasteiger charge is -2.32. The van der Waals surface area contributed by atoms with Gasteiger partial charge in [0.15, 0.2) is 0 Å². The van der Waals surface area contributed by atoms with Gasteiger partial charge in [0.1, 0.15) is 0 Å². The van der Waals surface area contributed by atoms with E-state index in [4.69, 9.17) is 0 Å². The van der Waals surface area contributed by atoms with Gasteiger partial charge in [-0.25, -0.2) is 0 Å². The van der Waals surface area contributed by atoms with Crippen LogP contribution in [0.1, 0.15) is 38.5 Å². The highest BCUT2D eigenvalue weighted by Gasteiger charge is 2.17. The van der Waals surface area contributed by atoms with Gasteiger partial charge in [-0.2, -0.15) is 0 Å². The topological polar surface area (TPSA) is 15.3 Å². The standard InChI is InChI=1S/C11H22N2.2ClH/c1-4-8-13(9-5-1)10-11-6-2-3-7-12-11;;/h11-12H,1-10H2;2*1H. The summed E-state index contributed by atoms with van der Waals surface area (Å²) in [4.78, 5) is 2.65. The molecular weight excluding hydrogens is 231 g/mol. The Morgan fingerprint density at radius 1 is 0.933 bits per heavy atom. The van der Waals surface area contributed by atoms with E-state index in [-0.39, 0.29) is 24.8 Å². The van der Waals surface area contributed by atoms with Crippen molar-refractivity contribution in [2.75, 3.05) is 26.2 Å². The molecule has 15 heavy (non-hydrogen) atoms. The molecule has 0 saturated carbocycles. The molecular formula is C11H24Cl2N2. The lowest BCUT2D eigenvalue weighted by atomic mass is 10.0. The van der Waals surface area contributed by atoms with Crippen LogP contribution in [0.2, 0.25) is 0 Å². The van der Waals surface area contributed by atoms with Crippen LogP contribution >= 0.6 is 24.8 Å². The highest BCUT2D eigenvalue weighted by atomic mass is 35.5. The maximum atomic E-state index is 3.62. The van der Waals surface area contributed by atoms with Crippen LogP contribution in [0.3, 0.4) is 0 Å². The Hall–Kier alpha value is 0.500. The highest BCUT2D eigenvalue weighted by molar-refractivity contribution is 5.85. The van der Waals surface area contributed by atoms with Gasteiger partial charge >= 0.3 is 0 Å². The summed E-state index contributed by atoms with van der Waals surface area (Å²) in [7, 11) is 0. The maximum absolute atomic E-state index is 3.62. The Kier molecular flexibility index (Phi) is 8.92. The van der Waals surface area contributed by atoms with Crippen molar-refractivity contribution in [1.29, 1.82) is 0 Å². The van der Waals surface area contributed by atoms with Gasteiger partial charge in [0.05, 0.1) is 0 Å². The number of likely N-dealkylation sites (tertiary alicyclic amines) is 1. The number of nitrogens with zero attached hydrogens (tertiary/aromatic N) is 1. The Morgan fingerprint density at radius 2 is 1.67 bits per heavy atom. The van der Waals surface area contributed by atoms with Crippen LogP contribution in [0.15, 0.2) is 0 Å². The number of nitrogens with one attached hydrogen (secondary N) is 1. The molecule has 4 heteroatoms. The summed E-state index contributed by atoms with van der Waals surface area (Å²) in [5, 5.41) is 3.62. The third-order valence-corrected chi connectivity index (χ3v) is 3.34. The number of hydrogen-bond acceptors (Lipinski definition) is 2. The molecule has 92 valence electrons. The first-order valence-corrected chi connectivity index (χ1v) is 5.91. The average molecular weight is 255 g/mol. The van der Waals surface area contributed by atoms with Crippen molar-refractivity contribution >= 4 is 24.8 Å². The fraction of sp³-hybridized carbons (Fsp3) is 1.00. The molecule has 0 bridgehead atoms. The second-order valence-corrected chi connectivity index (χ2v) is 4.51. The van der Waals surface area contributed by atoms with E-state index in [2.05, 4.69) is 10.2 Å². The van der Waals surface area contributed by atoms with Crippen LogP contribution < -0.4 is 5.32 Å². The number of rotatable bonds is 2. The molecule has 0 aromatic rings. The summed E-state index contributed by atoms with van der Waals surface area (Å²) in [5.74, 6) is 0. The molecule has 1 atom stereocenters. The lowest BCUT2D eigenvalue weighted by Crippen LogP contribution is -2.45. The summed E-state index contributed by atoms with van der Waals surface area (Å²) in [6.45, 7) is 5.24. The number of hydrogen-bond donors (Lipinski definition) is 1. The number of piperidine rings is 2. The van der Waals surface area contributed by atoms with E-state index in [1.807, 2.05) is 0 Å². The van der Waals surface area contributed by atoms with Crippen molar-refractivity contribution < 1.29 is 0 Å². The van der Waals surface area contributed by atoms with Crippen molar-refractivity contribution in [2.45, 2.75) is 44.6 Å². The zero-order valence-corrected chi connectivity index (χ0v) is 11.0. The molecule has 0 radical (unpaired) electrons. The molecule has 1 unspecified atom stereocenters. The first-order chi connectivity index (χ1) is 6.45. The van der Waals surface area contributed by atoms with Gasteiger partial charge in [0.2, 0.25) is 0 Å². The summed E-state index contributed by atoms with van der Waals surface area (Å²) in [6, 6.07) is 0.798. The largest absolute Gasteiger partial charge is 0.313 e. The summed E-state index contributed by atoms with van der Waals surface area (Å²) in [6.07, 6.45) is 8.52. The van der Waals surface area contributed by atoms with Crippen LogP contribution in [-0.4, -0.2) is 37.1 Å². The van der Waals surface area contributed by atoms with E-state index in [1.165, 1.54) is 64.7 Å². The van der Waals surface area contributed by atoms with Gasteiger partial charge in [0.25, 0.3) is 0 Å². The molecule has 2 fully saturated rings. The van der Waals surface area contributed by atoms with Gasteiger partial charge in [-0.1, -0.05) is 12.8 Å². The van der Waals surface area contributed by atoms with E-state index in [0.717, 1.165) is 6.04 Å². The van der Waals surface area contributed by atoms with Crippen LogP contribution in [0, 0.1) is 0 Å². The molecule has 2 aliphatic heterocycles. The second kappa shape index (κ2) is 8.63. The molecule has 0 aromatic carbocycles. The minimum atomic E-state index is 0. The molecule has 2 heterocycles. The fourth-order valence-corrected chi connectivity index (χ4v) is 2.53. The predicted molar refractivity (Wildman–Crippen MR) is 70.4 cm³/mol. The molecule has 2 aliphatic rings. The SMILES string of the molecule is C1CCN(CC2CCCCN2)CC1.Cl.Cl. The summed E-state index contributed by atoms with van der Waals surface area (Å²) < 4.78 is 0. The van der Waals surface area contributed by atoms with Crippen molar-refractivity contribution in [1.82, 2.24) is 10.2 Å². The lowest BCUT2D eigenvalue weighted by molar-refractivity contribution is 0.193. The van der Waals surface area contributed by atoms with Crippen molar-refractivity contribution in [3.05, 3.63) is 0 Å². The molecule has 0 spiro atoms. The van der Waals surface area contributed by atoms with Crippen LogP contribution in [-0.2, 0) is 0 Å². The molecule has 2 nitrogen and oxygen atoms in total. The van der Waals surface area contributed by atoms with E-state index < -0.39 is 0 Å². The summed E-state index contributed by atoms with van der Waals surface area (Å²) >= 11 is 0. The Bertz CT molecular complexity index is 128. The van der Waals surface area contributed by atoms with Crippen molar-refractivity contribution in [3.63, 3.8) is 0 Å². The quantitative estimate of drug-likeness (QED) is 0.815. The molecule has 0 aromatic heterocycles. The second-order valence-electron chi connectivity index (χ2n) is 4.51. The predicted octanol–water partition coefficient (Wildman–Crippen LogP) is 2.46. The van der Waals surface area contributed by atoms with Crippen LogP contribution in [0.4, 0.5) is 0 Å². The third kappa shape index (κ3) is 5.39. The van der Waals surface area contributed by atoms with Gasteiger partial charge < -0.3 is 10.2 Å². The van der Waals surface area contributed by atoms with Gasteiger partial charge in [-0.15, -0.1) is 24.8 Å². The minimum Gasteiger partial charge on any atom is -0.313 e. The monoisotopic (exact) mass is 254 g/mol. The average Bonchev–Trinajstić information content (AvgIpc) is 2.21. The van der Waals surface area contributed by atoms with E-state index >= 15 is 0 Å². The molecule has 2 saturated heterocycles. The van der Waals surface area contributed by atoms with Crippen LogP contribution in [0.5, 0.6) is 0 Å². The highest BCUT2D eigenvalue weighted by Crippen LogP contribution is 2.12. The first-order valence-electron chi connectivity index (χ1n) is 5.91. The zero-order chi connectivity index (χ0) is 8.93. The van der Waals surface area contributed by atoms with E-state index in [0.29, 0.717) is 0 Å². The first kappa shape index (κ1) is 15.5. The van der Waals surface area contributed by atoms with Crippen molar-refractivity contribution in [3.8, 4) is 0 Å². The maximum Gasteiger partial charge on any atom is 0.0195 e. The molecule has 0 amide bonds. The van der Waals surface area contributed by atoms with E-state index in [9.17, 15) is 0 Å². The van der Waals surface area contributed by atoms with Crippen LogP contribution in [0.25, 0.3) is 0 Å². The zero-order valence-electron chi connectivity index (χ0n) is 9.41. The Morgan fingerprint density at radius 3 is 2.27 bits per heavy atom. The van der Waals surface area contributed by atoms with Gasteiger partial charge in [-0.3, -0.25) is 0 Å². The summed E-state index contributed by atoms with van der Waals surface area (Å²) in [5.41, 5.74) is 0. The van der Waals surface area contributed by atoms with E-state index in [1.54, 1.807) is 0 Å². The van der Waals surface area contributed by atoms with Gasteiger partial charge in [0, 0.05) is 12.6 Å². The minimum absolute atomic E-state index is 0. The Balaban J connectivity index is 0.000000980. The molecule has 1 N–H and O–H groups in total. The molecule has 0 aliphatic carbocycles. The normalized spacial score (nSPS) is 27.6. The third-order valence-electron chi connectivity index (χ3n) is 3.34. The van der Waals surface area contributed by atoms with Gasteiger partial charge in [-0.05, 0) is 45.3 Å². The number of halogens is 2. The smallest absolute Gasteiger partial charge is 0.0195 e. The Labute approximate surface area is 106 Å². The molecule has 2 rings (SSSR count). The van der Waals surface area contributed by atoms with Crippen molar-refractivity contribution in [2.24, 2.45) is 0 Å².